The van der Waals surface area contributed by atoms with Crippen LogP contribution in [0, 0.1) is 23.7 Å². The fourth-order valence-electron chi connectivity index (χ4n) is 8.42. The van der Waals surface area contributed by atoms with Crippen LogP contribution in [0.1, 0.15) is 73.6 Å². The highest BCUT2D eigenvalue weighted by atomic mass is 35.5. The maximum absolute atomic E-state index is 6.37. The smallest absolute Gasteiger partial charge is 0.0595 e. The summed E-state index contributed by atoms with van der Waals surface area (Å²) in [6.07, 6.45) is 14.8. The zero-order valence-corrected chi connectivity index (χ0v) is 19.3. The third-order valence-corrected chi connectivity index (χ3v) is 10.1. The number of halogens is 2. The Labute approximate surface area is 195 Å². The van der Waals surface area contributed by atoms with E-state index in [1.807, 2.05) is 12.1 Å². The van der Waals surface area contributed by atoms with Gasteiger partial charge in [-0.05, 0) is 109 Å². The second-order valence-electron chi connectivity index (χ2n) is 11.1. The molecule has 5 aliphatic carbocycles. The van der Waals surface area contributed by atoms with Gasteiger partial charge in [-0.3, -0.25) is 0 Å². The van der Waals surface area contributed by atoms with Crippen molar-refractivity contribution >= 4 is 28.9 Å². The number of anilines is 1. The largest absolute Gasteiger partial charge is 0.378 e. The maximum atomic E-state index is 6.37. The Hall–Kier alpha value is -1.44. The van der Waals surface area contributed by atoms with E-state index in [9.17, 15) is 0 Å². The highest BCUT2D eigenvalue weighted by Crippen LogP contribution is 2.61. The van der Waals surface area contributed by atoms with E-state index in [0.717, 1.165) is 24.2 Å². The molecule has 1 N–H and O–H groups in total. The van der Waals surface area contributed by atoms with Crippen LogP contribution < -0.4 is 5.32 Å². The van der Waals surface area contributed by atoms with Gasteiger partial charge in [-0.15, -0.1) is 0 Å². The lowest BCUT2D eigenvalue weighted by Gasteiger charge is -2.57. The average molecular weight is 450 g/mol. The molecule has 3 heteroatoms. The second-order valence-corrected chi connectivity index (χ2v) is 12.0. The molecule has 4 fully saturated rings. The predicted octanol–water partition coefficient (Wildman–Crippen LogP) is 8.29. The first-order chi connectivity index (χ1) is 15.1. The van der Waals surface area contributed by atoms with Gasteiger partial charge in [-0.25, -0.2) is 0 Å². The van der Waals surface area contributed by atoms with E-state index >= 15 is 0 Å². The van der Waals surface area contributed by atoms with Crippen LogP contribution in [0.25, 0.3) is 0 Å². The standard InChI is InChI=1S/C28H29Cl2N/c29-24-6-4-19(11-25(24)30)27-22-3-1-2-21(22)23-12-20(5-7-26(23)31-27)28-13-16-8-17(14-28)10-18(9-16)15-28/h1-2,4-7,11-12,16-18,21-22,27,31H,3,8-10,13-15H2/t16?,17?,18?,21-,22+,27+,28?/m1/s1. The van der Waals surface area contributed by atoms with Gasteiger partial charge in [0.25, 0.3) is 0 Å². The van der Waals surface area contributed by atoms with Gasteiger partial charge in [0.2, 0.25) is 0 Å². The van der Waals surface area contributed by atoms with Gasteiger partial charge in [-0.2, -0.15) is 0 Å². The summed E-state index contributed by atoms with van der Waals surface area (Å²) >= 11 is 12.6. The summed E-state index contributed by atoms with van der Waals surface area (Å²) in [6.45, 7) is 0. The van der Waals surface area contributed by atoms with Gasteiger partial charge < -0.3 is 5.32 Å². The molecule has 8 rings (SSSR count). The minimum absolute atomic E-state index is 0.271. The van der Waals surface area contributed by atoms with Gasteiger partial charge in [0.15, 0.2) is 0 Å². The molecule has 2 aromatic rings. The lowest BCUT2D eigenvalue weighted by atomic mass is 9.48. The first-order valence-electron chi connectivity index (χ1n) is 12.1. The van der Waals surface area contributed by atoms with Crippen molar-refractivity contribution in [2.45, 2.75) is 62.3 Å². The molecule has 0 aromatic heterocycles. The number of fused-ring (bicyclic) bond motifs is 3. The molecule has 6 aliphatic rings. The molecule has 0 radical (unpaired) electrons. The van der Waals surface area contributed by atoms with Crippen LogP contribution in [-0.4, -0.2) is 0 Å². The number of benzene rings is 2. The highest BCUT2D eigenvalue weighted by Gasteiger charge is 2.52. The fraction of sp³-hybridized carbons (Fsp3) is 0.500. The van der Waals surface area contributed by atoms with Crippen molar-refractivity contribution in [3.8, 4) is 0 Å². The quantitative estimate of drug-likeness (QED) is 0.454. The SMILES string of the molecule is Clc1ccc([C@@H]2Nc3ccc(C45CC6CC(CC(C6)C4)C5)cc3[C@@H]3C=CC[C@@H]32)cc1Cl. The van der Waals surface area contributed by atoms with Crippen molar-refractivity contribution in [2.24, 2.45) is 23.7 Å². The first-order valence-corrected chi connectivity index (χ1v) is 12.9. The van der Waals surface area contributed by atoms with E-state index < -0.39 is 0 Å². The minimum Gasteiger partial charge on any atom is -0.378 e. The first kappa shape index (κ1) is 19.1. The Morgan fingerprint density at radius 3 is 2.29 bits per heavy atom. The van der Waals surface area contributed by atoms with Crippen LogP contribution in [-0.2, 0) is 5.41 Å². The summed E-state index contributed by atoms with van der Waals surface area (Å²) in [5.74, 6) is 3.98. The van der Waals surface area contributed by atoms with Gasteiger partial charge in [0.05, 0.1) is 16.1 Å². The van der Waals surface area contributed by atoms with E-state index in [0.29, 0.717) is 27.3 Å². The molecular formula is C28H29Cl2N. The van der Waals surface area contributed by atoms with E-state index in [4.69, 9.17) is 23.2 Å². The van der Waals surface area contributed by atoms with Crippen LogP contribution >= 0.6 is 23.2 Å². The lowest BCUT2D eigenvalue weighted by Crippen LogP contribution is -2.48. The van der Waals surface area contributed by atoms with Crippen molar-refractivity contribution in [1.29, 1.82) is 0 Å². The molecule has 0 amide bonds. The molecule has 0 saturated heterocycles. The number of nitrogens with one attached hydrogen (secondary N) is 1. The zero-order chi connectivity index (χ0) is 20.7. The van der Waals surface area contributed by atoms with Crippen LogP contribution in [0.4, 0.5) is 5.69 Å². The Kier molecular flexibility index (Phi) is 4.17. The van der Waals surface area contributed by atoms with E-state index in [1.165, 1.54) is 55.3 Å². The van der Waals surface area contributed by atoms with Gasteiger partial charge in [-0.1, -0.05) is 53.6 Å². The molecule has 0 unspecified atom stereocenters. The molecule has 31 heavy (non-hydrogen) atoms. The minimum atomic E-state index is 0.271. The molecule has 4 saturated carbocycles. The third-order valence-electron chi connectivity index (χ3n) is 9.32. The van der Waals surface area contributed by atoms with E-state index in [2.05, 4.69) is 41.7 Å². The van der Waals surface area contributed by atoms with Crippen molar-refractivity contribution in [3.05, 3.63) is 75.3 Å². The Bertz CT molecular complexity index is 1050. The Morgan fingerprint density at radius 2 is 1.58 bits per heavy atom. The normalized spacial score (nSPS) is 39.3. The highest BCUT2D eigenvalue weighted by molar-refractivity contribution is 6.42. The van der Waals surface area contributed by atoms with Crippen LogP contribution in [0.3, 0.4) is 0 Å². The summed E-state index contributed by atoms with van der Waals surface area (Å²) < 4.78 is 0. The second kappa shape index (κ2) is 6.78. The number of allylic oxidation sites excluding steroid dienone is 2. The molecule has 1 aliphatic heterocycles. The Balaban J connectivity index is 1.27. The van der Waals surface area contributed by atoms with Crippen LogP contribution in [0.2, 0.25) is 10.0 Å². The number of hydrogen-bond donors (Lipinski definition) is 1. The molecule has 2 aromatic carbocycles. The molecular weight excluding hydrogens is 421 g/mol. The van der Waals surface area contributed by atoms with Gasteiger partial charge >= 0.3 is 0 Å². The number of rotatable bonds is 2. The summed E-state index contributed by atoms with van der Waals surface area (Å²) in [7, 11) is 0. The molecule has 1 heterocycles. The van der Waals surface area contributed by atoms with Crippen molar-refractivity contribution in [2.75, 3.05) is 5.32 Å². The van der Waals surface area contributed by atoms with E-state index in [1.54, 1.807) is 5.56 Å². The molecule has 160 valence electrons. The maximum Gasteiger partial charge on any atom is 0.0595 e. The molecule has 4 bridgehead atoms. The number of hydrogen-bond acceptors (Lipinski definition) is 1. The Morgan fingerprint density at radius 1 is 0.839 bits per heavy atom. The third kappa shape index (κ3) is 2.89. The van der Waals surface area contributed by atoms with E-state index in [-0.39, 0.29) is 6.04 Å². The van der Waals surface area contributed by atoms with Crippen molar-refractivity contribution < 1.29 is 0 Å². The van der Waals surface area contributed by atoms with Crippen LogP contribution in [0.5, 0.6) is 0 Å². The monoisotopic (exact) mass is 449 g/mol. The summed E-state index contributed by atoms with van der Waals surface area (Å²) in [5.41, 5.74) is 6.16. The predicted molar refractivity (Wildman–Crippen MR) is 129 cm³/mol. The van der Waals surface area contributed by atoms with Gasteiger partial charge in [0, 0.05) is 11.6 Å². The average Bonchev–Trinajstić information content (AvgIpc) is 3.24. The topological polar surface area (TPSA) is 12.0 Å². The summed E-state index contributed by atoms with van der Waals surface area (Å²) in [4.78, 5) is 0. The summed E-state index contributed by atoms with van der Waals surface area (Å²) in [6, 6.07) is 13.8. The van der Waals surface area contributed by atoms with Crippen molar-refractivity contribution in [1.82, 2.24) is 0 Å². The lowest BCUT2D eigenvalue weighted by molar-refractivity contribution is -0.00523. The van der Waals surface area contributed by atoms with Crippen LogP contribution in [0.15, 0.2) is 48.6 Å². The molecule has 3 atom stereocenters. The fourth-order valence-corrected chi connectivity index (χ4v) is 8.73. The summed E-state index contributed by atoms with van der Waals surface area (Å²) in [5, 5.41) is 5.16. The van der Waals surface area contributed by atoms with Crippen molar-refractivity contribution in [3.63, 3.8) is 0 Å². The molecule has 0 spiro atoms. The molecule has 1 nitrogen and oxygen atoms in total. The zero-order valence-electron chi connectivity index (χ0n) is 17.8. The van der Waals surface area contributed by atoms with Gasteiger partial charge in [0.1, 0.15) is 0 Å².